The second-order valence-electron chi connectivity index (χ2n) is 4.67. The van der Waals surface area contributed by atoms with Gasteiger partial charge < -0.3 is 4.74 Å². The first kappa shape index (κ1) is 12.3. The van der Waals surface area contributed by atoms with Gasteiger partial charge in [-0.2, -0.15) is 8.42 Å². The van der Waals surface area contributed by atoms with Crippen LogP contribution in [0.15, 0.2) is 0 Å². The first-order valence-corrected chi connectivity index (χ1v) is 7.53. The molecular formula is C10H19NO4S. The van der Waals surface area contributed by atoms with E-state index < -0.39 is 10.1 Å². The summed E-state index contributed by atoms with van der Waals surface area (Å²) < 4.78 is 32.0. The quantitative estimate of drug-likeness (QED) is 0.660. The largest absolute Gasteiger partial charge is 0.379 e. The van der Waals surface area contributed by atoms with Crippen LogP contribution >= 0.6 is 0 Å². The van der Waals surface area contributed by atoms with Crippen molar-refractivity contribution in [2.24, 2.45) is 5.92 Å². The summed E-state index contributed by atoms with van der Waals surface area (Å²) >= 11 is 0. The predicted molar refractivity (Wildman–Crippen MR) is 59.7 cm³/mol. The monoisotopic (exact) mass is 249 g/mol. The lowest BCUT2D eigenvalue weighted by atomic mass is 9.82. The van der Waals surface area contributed by atoms with Crippen molar-refractivity contribution in [3.8, 4) is 0 Å². The maximum absolute atomic E-state index is 10.9. The third kappa shape index (κ3) is 3.69. The van der Waals surface area contributed by atoms with Crippen molar-refractivity contribution in [2.75, 3.05) is 39.1 Å². The molecule has 1 aliphatic heterocycles. The van der Waals surface area contributed by atoms with Gasteiger partial charge in [-0.25, -0.2) is 0 Å². The second-order valence-corrected chi connectivity index (χ2v) is 6.27. The Hall–Kier alpha value is -0.170. The minimum Gasteiger partial charge on any atom is -0.379 e. The van der Waals surface area contributed by atoms with E-state index in [1.165, 1.54) is 0 Å². The van der Waals surface area contributed by atoms with Crippen LogP contribution in [0.25, 0.3) is 0 Å². The summed E-state index contributed by atoms with van der Waals surface area (Å²) in [6.07, 6.45) is 2.76. The fourth-order valence-electron chi connectivity index (χ4n) is 2.30. The summed E-state index contributed by atoms with van der Waals surface area (Å²) in [5.74, 6) is 0.588. The lowest BCUT2D eigenvalue weighted by molar-refractivity contribution is 0.00203. The van der Waals surface area contributed by atoms with Gasteiger partial charge in [-0.15, -0.1) is 0 Å². The Kier molecular flexibility index (Phi) is 3.84. The van der Waals surface area contributed by atoms with Crippen molar-refractivity contribution < 1.29 is 17.3 Å². The summed E-state index contributed by atoms with van der Waals surface area (Å²) in [5, 5.41) is 0. The van der Waals surface area contributed by atoms with Crippen LogP contribution < -0.4 is 0 Å². The lowest BCUT2D eigenvalue weighted by Gasteiger charge is -2.38. The molecule has 2 fully saturated rings. The molecule has 0 bridgehead atoms. The Morgan fingerprint density at radius 1 is 1.31 bits per heavy atom. The molecule has 94 valence electrons. The highest BCUT2D eigenvalue weighted by atomic mass is 32.2. The molecule has 0 atom stereocenters. The zero-order valence-electron chi connectivity index (χ0n) is 9.59. The lowest BCUT2D eigenvalue weighted by Crippen LogP contribution is -2.44. The van der Waals surface area contributed by atoms with Gasteiger partial charge in [0.1, 0.15) is 0 Å². The summed E-state index contributed by atoms with van der Waals surface area (Å²) in [7, 11) is -3.27. The van der Waals surface area contributed by atoms with E-state index in [1.807, 2.05) is 0 Å². The van der Waals surface area contributed by atoms with Gasteiger partial charge >= 0.3 is 0 Å². The molecule has 16 heavy (non-hydrogen) atoms. The first-order valence-electron chi connectivity index (χ1n) is 5.71. The van der Waals surface area contributed by atoms with E-state index in [9.17, 15) is 8.42 Å². The van der Waals surface area contributed by atoms with Crippen LogP contribution in [-0.4, -0.2) is 58.5 Å². The number of nitrogens with zero attached hydrogens (tertiary/aromatic N) is 1. The van der Waals surface area contributed by atoms with Gasteiger partial charge in [0.15, 0.2) is 0 Å². The van der Waals surface area contributed by atoms with Crippen molar-refractivity contribution in [1.29, 1.82) is 0 Å². The van der Waals surface area contributed by atoms with Crippen LogP contribution in [0.4, 0.5) is 0 Å². The molecule has 0 spiro atoms. The third-order valence-corrected chi connectivity index (χ3v) is 3.75. The van der Waals surface area contributed by atoms with Gasteiger partial charge in [-0.05, 0) is 18.8 Å². The third-order valence-electron chi connectivity index (χ3n) is 3.12. The molecule has 0 radical (unpaired) electrons. The predicted octanol–water partition coefficient (Wildman–Crippen LogP) is 0.0734. The molecule has 0 aromatic heterocycles. The molecule has 1 heterocycles. The van der Waals surface area contributed by atoms with Crippen molar-refractivity contribution in [3.63, 3.8) is 0 Å². The zero-order valence-corrected chi connectivity index (χ0v) is 10.4. The minimum atomic E-state index is -3.27. The highest BCUT2D eigenvalue weighted by Crippen LogP contribution is 2.31. The average Bonchev–Trinajstić information content (AvgIpc) is 2.14. The fourth-order valence-corrected chi connectivity index (χ4v) is 2.95. The van der Waals surface area contributed by atoms with Crippen molar-refractivity contribution >= 4 is 10.1 Å². The van der Waals surface area contributed by atoms with Crippen molar-refractivity contribution in [2.45, 2.75) is 18.9 Å². The van der Waals surface area contributed by atoms with Crippen LogP contribution in [0, 0.1) is 5.92 Å². The SMILES string of the molecule is CS(=O)(=O)OC1CC(CN2CCOCC2)C1. The summed E-state index contributed by atoms with van der Waals surface area (Å²) in [5.41, 5.74) is 0. The smallest absolute Gasteiger partial charge is 0.264 e. The van der Waals surface area contributed by atoms with Crippen LogP contribution in [0.5, 0.6) is 0 Å². The van der Waals surface area contributed by atoms with Crippen molar-refractivity contribution in [1.82, 2.24) is 4.90 Å². The highest BCUT2D eigenvalue weighted by molar-refractivity contribution is 7.86. The molecule has 0 aromatic carbocycles. The Balaban J connectivity index is 1.64. The fraction of sp³-hybridized carbons (Fsp3) is 1.00. The molecule has 0 amide bonds. The second kappa shape index (κ2) is 5.00. The highest BCUT2D eigenvalue weighted by Gasteiger charge is 2.33. The maximum Gasteiger partial charge on any atom is 0.264 e. The summed E-state index contributed by atoms with van der Waals surface area (Å²) in [4.78, 5) is 2.38. The molecule has 2 rings (SSSR count). The number of ether oxygens (including phenoxy) is 1. The molecular weight excluding hydrogens is 230 g/mol. The van der Waals surface area contributed by atoms with E-state index in [0.717, 1.165) is 51.9 Å². The van der Waals surface area contributed by atoms with Crippen LogP contribution in [0.1, 0.15) is 12.8 Å². The molecule has 1 saturated heterocycles. The van der Waals surface area contributed by atoms with E-state index in [1.54, 1.807) is 0 Å². The number of morpholine rings is 1. The molecule has 0 aromatic rings. The molecule has 0 unspecified atom stereocenters. The Morgan fingerprint density at radius 3 is 2.50 bits per heavy atom. The number of hydrogen-bond acceptors (Lipinski definition) is 5. The number of hydrogen-bond donors (Lipinski definition) is 0. The number of rotatable bonds is 4. The molecule has 5 nitrogen and oxygen atoms in total. The summed E-state index contributed by atoms with van der Waals surface area (Å²) in [6, 6.07) is 0. The summed E-state index contributed by atoms with van der Waals surface area (Å²) in [6.45, 7) is 4.67. The van der Waals surface area contributed by atoms with Crippen LogP contribution in [-0.2, 0) is 19.0 Å². The standard InChI is InChI=1S/C10H19NO4S/c1-16(12,13)15-10-6-9(7-10)8-11-2-4-14-5-3-11/h9-10H,2-8H2,1H3. The normalized spacial score (nSPS) is 32.3. The van der Waals surface area contributed by atoms with E-state index in [-0.39, 0.29) is 6.10 Å². The Morgan fingerprint density at radius 2 is 1.94 bits per heavy atom. The van der Waals surface area contributed by atoms with E-state index >= 15 is 0 Å². The molecule has 6 heteroatoms. The zero-order chi connectivity index (χ0) is 11.6. The first-order chi connectivity index (χ1) is 7.53. The van der Waals surface area contributed by atoms with Gasteiger partial charge in [0.25, 0.3) is 10.1 Å². The van der Waals surface area contributed by atoms with Gasteiger partial charge in [0.2, 0.25) is 0 Å². The molecule has 1 saturated carbocycles. The molecule has 0 N–H and O–H groups in total. The topological polar surface area (TPSA) is 55.8 Å². The molecule has 1 aliphatic carbocycles. The van der Waals surface area contributed by atoms with Gasteiger partial charge in [-0.1, -0.05) is 0 Å². The van der Waals surface area contributed by atoms with Crippen LogP contribution in [0.3, 0.4) is 0 Å². The van der Waals surface area contributed by atoms with E-state index in [4.69, 9.17) is 8.92 Å². The average molecular weight is 249 g/mol. The van der Waals surface area contributed by atoms with Gasteiger partial charge in [-0.3, -0.25) is 9.08 Å². The van der Waals surface area contributed by atoms with E-state index in [2.05, 4.69) is 4.90 Å². The van der Waals surface area contributed by atoms with E-state index in [0.29, 0.717) is 5.92 Å². The van der Waals surface area contributed by atoms with Gasteiger partial charge in [0.05, 0.1) is 25.6 Å². The Bertz CT molecular complexity index is 318. The van der Waals surface area contributed by atoms with Gasteiger partial charge in [0, 0.05) is 19.6 Å². The van der Waals surface area contributed by atoms with Crippen LogP contribution in [0.2, 0.25) is 0 Å². The molecule has 2 aliphatic rings. The minimum absolute atomic E-state index is 0.0824. The maximum atomic E-state index is 10.9. The van der Waals surface area contributed by atoms with Crippen molar-refractivity contribution in [3.05, 3.63) is 0 Å². The Labute approximate surface area is 96.8 Å².